The molecule has 0 saturated carbocycles. The van der Waals surface area contributed by atoms with Gasteiger partial charge in [-0.15, -0.1) is 6.58 Å². The summed E-state index contributed by atoms with van der Waals surface area (Å²) in [6.45, 7) is 9.14. The number of hydrogen-bond donors (Lipinski definition) is 0. The summed E-state index contributed by atoms with van der Waals surface area (Å²) in [4.78, 5) is 0. The summed E-state index contributed by atoms with van der Waals surface area (Å²) < 4.78 is 10.7. The summed E-state index contributed by atoms with van der Waals surface area (Å²) in [6, 6.07) is 19.7. The highest BCUT2D eigenvalue weighted by Crippen LogP contribution is 2.20. The molecule has 0 N–H and O–H groups in total. The number of rotatable bonds is 9. The largest absolute Gasteiger partial charge is 0.497 e. The minimum Gasteiger partial charge on any atom is -0.497 e. The molecule has 0 amide bonds. The zero-order valence-corrected chi connectivity index (χ0v) is 15.9. The lowest BCUT2D eigenvalue weighted by Crippen LogP contribution is -2.14. The predicted molar refractivity (Wildman–Crippen MR) is 107 cm³/mol. The van der Waals surface area contributed by atoms with Crippen molar-refractivity contribution >= 4 is 0 Å². The Morgan fingerprint density at radius 1 is 0.960 bits per heavy atom. The van der Waals surface area contributed by atoms with Crippen LogP contribution in [0.2, 0.25) is 0 Å². The first-order chi connectivity index (χ1) is 12.2. The van der Waals surface area contributed by atoms with Crippen molar-refractivity contribution in [3.8, 4) is 11.5 Å². The van der Waals surface area contributed by atoms with E-state index in [1.165, 1.54) is 12.8 Å². The molecule has 0 spiro atoms. The SMILES string of the molecule is C=CCC(C)CC(CC)COc1ccccc1.COc1ccccc1. The van der Waals surface area contributed by atoms with Gasteiger partial charge in [-0.1, -0.05) is 62.7 Å². The molecule has 2 rings (SSSR count). The van der Waals surface area contributed by atoms with Gasteiger partial charge in [-0.2, -0.15) is 0 Å². The molecule has 0 fully saturated rings. The quantitative estimate of drug-likeness (QED) is 0.492. The smallest absolute Gasteiger partial charge is 0.119 e. The molecule has 25 heavy (non-hydrogen) atoms. The van der Waals surface area contributed by atoms with Crippen molar-refractivity contribution in [2.75, 3.05) is 13.7 Å². The van der Waals surface area contributed by atoms with Crippen molar-refractivity contribution in [2.24, 2.45) is 11.8 Å². The molecule has 136 valence electrons. The first kappa shape index (κ1) is 20.8. The number of ether oxygens (including phenoxy) is 2. The van der Waals surface area contributed by atoms with Crippen LogP contribution in [0, 0.1) is 11.8 Å². The van der Waals surface area contributed by atoms with E-state index in [9.17, 15) is 0 Å². The Balaban J connectivity index is 0.000000324. The fourth-order valence-electron chi connectivity index (χ4n) is 2.59. The van der Waals surface area contributed by atoms with Gasteiger partial charge in [-0.3, -0.25) is 0 Å². The minimum atomic E-state index is 0.644. The first-order valence-corrected chi connectivity index (χ1v) is 9.07. The van der Waals surface area contributed by atoms with Crippen molar-refractivity contribution in [3.05, 3.63) is 73.3 Å². The Labute approximate surface area is 153 Å². The summed E-state index contributed by atoms with van der Waals surface area (Å²) >= 11 is 0. The van der Waals surface area contributed by atoms with Crippen molar-refractivity contribution in [3.63, 3.8) is 0 Å². The van der Waals surface area contributed by atoms with E-state index >= 15 is 0 Å². The number of hydrogen-bond acceptors (Lipinski definition) is 2. The molecule has 0 saturated heterocycles. The third-order valence-electron chi connectivity index (χ3n) is 4.09. The fourth-order valence-corrected chi connectivity index (χ4v) is 2.59. The van der Waals surface area contributed by atoms with Crippen LogP contribution in [-0.2, 0) is 0 Å². The zero-order valence-electron chi connectivity index (χ0n) is 15.9. The number of allylic oxidation sites excluding steroid dienone is 1. The van der Waals surface area contributed by atoms with Crippen LogP contribution in [-0.4, -0.2) is 13.7 Å². The Morgan fingerprint density at radius 2 is 1.52 bits per heavy atom. The highest BCUT2D eigenvalue weighted by molar-refractivity contribution is 5.21. The van der Waals surface area contributed by atoms with Crippen molar-refractivity contribution < 1.29 is 9.47 Å². The molecule has 2 aromatic rings. The average Bonchev–Trinajstić information content (AvgIpc) is 2.67. The fraction of sp³-hybridized carbons (Fsp3) is 0.391. The second-order valence-electron chi connectivity index (χ2n) is 6.28. The van der Waals surface area contributed by atoms with Gasteiger partial charge in [0.1, 0.15) is 11.5 Å². The van der Waals surface area contributed by atoms with Crippen molar-refractivity contribution in [1.29, 1.82) is 0 Å². The molecule has 2 heteroatoms. The Morgan fingerprint density at radius 3 is 1.96 bits per heavy atom. The van der Waals surface area contributed by atoms with E-state index < -0.39 is 0 Å². The molecular weight excluding hydrogens is 308 g/mol. The van der Waals surface area contributed by atoms with E-state index in [2.05, 4.69) is 20.4 Å². The van der Waals surface area contributed by atoms with Crippen LogP contribution in [0.5, 0.6) is 11.5 Å². The van der Waals surface area contributed by atoms with Gasteiger partial charge in [0.2, 0.25) is 0 Å². The van der Waals surface area contributed by atoms with Gasteiger partial charge in [0.05, 0.1) is 13.7 Å². The van der Waals surface area contributed by atoms with Gasteiger partial charge in [-0.25, -0.2) is 0 Å². The zero-order chi connectivity index (χ0) is 18.3. The minimum absolute atomic E-state index is 0.644. The molecule has 2 atom stereocenters. The van der Waals surface area contributed by atoms with E-state index in [0.29, 0.717) is 11.8 Å². The van der Waals surface area contributed by atoms with Crippen molar-refractivity contribution in [2.45, 2.75) is 33.1 Å². The Bertz CT molecular complexity index is 551. The lowest BCUT2D eigenvalue weighted by Gasteiger charge is -2.19. The van der Waals surface area contributed by atoms with Gasteiger partial charge >= 0.3 is 0 Å². The highest BCUT2D eigenvalue weighted by Gasteiger charge is 2.11. The molecule has 0 heterocycles. The van der Waals surface area contributed by atoms with E-state index in [-0.39, 0.29) is 0 Å². The third kappa shape index (κ3) is 9.61. The summed E-state index contributed by atoms with van der Waals surface area (Å²) in [6.07, 6.45) is 5.50. The summed E-state index contributed by atoms with van der Waals surface area (Å²) in [5.41, 5.74) is 0. The Kier molecular flexibility index (Phi) is 10.9. The van der Waals surface area contributed by atoms with E-state index in [4.69, 9.17) is 9.47 Å². The standard InChI is InChI=1S/C16H24O.C7H8O/c1-4-9-14(3)12-15(5-2)13-17-16-10-7-6-8-11-16;1-8-7-5-3-2-4-6-7/h4,6-8,10-11,14-15H,1,5,9,12-13H2,2-3H3;2-6H,1H3. The van der Waals surface area contributed by atoms with Crippen LogP contribution >= 0.6 is 0 Å². The summed E-state index contributed by atoms with van der Waals surface area (Å²) in [5, 5.41) is 0. The van der Waals surface area contributed by atoms with E-state index in [1.54, 1.807) is 7.11 Å². The van der Waals surface area contributed by atoms with Crippen LogP contribution in [0.15, 0.2) is 73.3 Å². The monoisotopic (exact) mass is 340 g/mol. The van der Waals surface area contributed by atoms with Crippen LogP contribution in [0.4, 0.5) is 0 Å². The normalized spacial score (nSPS) is 12.3. The van der Waals surface area contributed by atoms with Crippen LogP contribution < -0.4 is 9.47 Å². The molecule has 0 aliphatic carbocycles. The van der Waals surface area contributed by atoms with Crippen LogP contribution in [0.1, 0.15) is 33.1 Å². The Hall–Kier alpha value is -2.22. The van der Waals surface area contributed by atoms with E-state index in [0.717, 1.165) is 24.5 Å². The highest BCUT2D eigenvalue weighted by atomic mass is 16.5. The molecule has 0 bridgehead atoms. The molecule has 0 aromatic heterocycles. The van der Waals surface area contributed by atoms with E-state index in [1.807, 2.05) is 66.7 Å². The predicted octanol–water partition coefficient (Wildman–Crippen LogP) is 6.39. The van der Waals surface area contributed by atoms with Gasteiger partial charge < -0.3 is 9.47 Å². The lowest BCUT2D eigenvalue weighted by molar-refractivity contribution is 0.219. The number of benzene rings is 2. The average molecular weight is 341 g/mol. The third-order valence-corrected chi connectivity index (χ3v) is 4.09. The molecule has 0 radical (unpaired) electrons. The summed E-state index contributed by atoms with van der Waals surface area (Å²) in [5.74, 6) is 3.23. The molecule has 0 aliphatic rings. The second-order valence-corrected chi connectivity index (χ2v) is 6.28. The topological polar surface area (TPSA) is 18.5 Å². The van der Waals surface area contributed by atoms with Gasteiger partial charge in [-0.05, 0) is 48.9 Å². The maximum atomic E-state index is 5.81. The number of para-hydroxylation sites is 2. The number of methoxy groups -OCH3 is 1. The van der Waals surface area contributed by atoms with Crippen molar-refractivity contribution in [1.82, 2.24) is 0 Å². The second kappa shape index (κ2) is 13.1. The van der Waals surface area contributed by atoms with Gasteiger partial charge in [0, 0.05) is 0 Å². The maximum Gasteiger partial charge on any atom is 0.119 e. The van der Waals surface area contributed by atoms with Crippen LogP contribution in [0.25, 0.3) is 0 Å². The molecular formula is C23H32O2. The van der Waals surface area contributed by atoms with Gasteiger partial charge in [0.25, 0.3) is 0 Å². The molecule has 2 nitrogen and oxygen atoms in total. The lowest BCUT2D eigenvalue weighted by atomic mass is 9.92. The van der Waals surface area contributed by atoms with Crippen LogP contribution in [0.3, 0.4) is 0 Å². The molecule has 2 aromatic carbocycles. The molecule has 2 unspecified atom stereocenters. The van der Waals surface area contributed by atoms with Gasteiger partial charge in [0.15, 0.2) is 0 Å². The summed E-state index contributed by atoms with van der Waals surface area (Å²) in [7, 11) is 1.66. The maximum absolute atomic E-state index is 5.81. The molecule has 0 aliphatic heterocycles. The first-order valence-electron chi connectivity index (χ1n) is 9.07.